The number of guanidine groups is 1. The summed E-state index contributed by atoms with van der Waals surface area (Å²) in [5, 5.41) is 14.5. The molecule has 0 spiro atoms. The highest BCUT2D eigenvalue weighted by Crippen LogP contribution is 2.15. The van der Waals surface area contributed by atoms with Crippen LogP contribution >= 0.6 is 24.0 Å². The molecule has 0 radical (unpaired) electrons. The van der Waals surface area contributed by atoms with Crippen molar-refractivity contribution < 1.29 is 0 Å². The summed E-state index contributed by atoms with van der Waals surface area (Å²) in [5.74, 6) is 1.56. The zero-order chi connectivity index (χ0) is 19.5. The first-order chi connectivity index (χ1) is 13.1. The second-order valence-electron chi connectivity index (χ2n) is 7.37. The largest absolute Gasteiger partial charge is 0.357 e. The van der Waals surface area contributed by atoms with Crippen LogP contribution in [0.4, 0.5) is 0 Å². The minimum Gasteiger partial charge on any atom is -0.357 e. The van der Waals surface area contributed by atoms with E-state index in [1.807, 2.05) is 4.57 Å². The average molecular weight is 498 g/mol. The summed E-state index contributed by atoms with van der Waals surface area (Å²) >= 11 is 0. The fourth-order valence-electron chi connectivity index (χ4n) is 2.96. The molecule has 2 aromatic rings. The van der Waals surface area contributed by atoms with Crippen LogP contribution in [0.3, 0.4) is 0 Å². The van der Waals surface area contributed by atoms with E-state index in [0.29, 0.717) is 5.92 Å². The van der Waals surface area contributed by atoms with E-state index in [2.05, 4.69) is 72.8 Å². The van der Waals surface area contributed by atoms with Crippen LogP contribution < -0.4 is 10.6 Å². The first-order valence-electron chi connectivity index (χ1n) is 10.0. The molecule has 28 heavy (non-hydrogen) atoms. The number of hydrogen-bond acceptors (Lipinski definition) is 3. The van der Waals surface area contributed by atoms with E-state index in [1.54, 1.807) is 12.7 Å². The normalized spacial score (nSPS) is 12.5. The highest BCUT2D eigenvalue weighted by Gasteiger charge is 2.08. The molecule has 0 saturated heterocycles. The van der Waals surface area contributed by atoms with E-state index < -0.39 is 0 Å². The Morgan fingerprint density at radius 1 is 1.07 bits per heavy atom. The summed E-state index contributed by atoms with van der Waals surface area (Å²) in [6, 6.07) is 9.13. The Hall–Kier alpha value is -1.64. The molecule has 0 fully saturated rings. The number of halogens is 1. The van der Waals surface area contributed by atoms with Crippen molar-refractivity contribution in [3.8, 4) is 0 Å². The van der Waals surface area contributed by atoms with E-state index in [4.69, 9.17) is 4.99 Å². The summed E-state index contributed by atoms with van der Waals surface area (Å²) in [7, 11) is 0. The molecule has 6 nitrogen and oxygen atoms in total. The zero-order valence-corrected chi connectivity index (χ0v) is 19.9. The van der Waals surface area contributed by atoms with Crippen LogP contribution in [0.5, 0.6) is 0 Å². The van der Waals surface area contributed by atoms with Crippen molar-refractivity contribution in [2.45, 2.75) is 59.5 Å². The van der Waals surface area contributed by atoms with Crippen LogP contribution in [0, 0.1) is 5.92 Å². The second kappa shape index (κ2) is 13.5. The van der Waals surface area contributed by atoms with Crippen molar-refractivity contribution in [2.75, 3.05) is 13.1 Å². The van der Waals surface area contributed by atoms with Gasteiger partial charge in [-0.25, -0.2) is 0 Å². The molecule has 2 rings (SSSR count). The van der Waals surface area contributed by atoms with Gasteiger partial charge in [-0.15, -0.1) is 34.2 Å². The van der Waals surface area contributed by atoms with Gasteiger partial charge >= 0.3 is 0 Å². The quantitative estimate of drug-likeness (QED) is 0.223. The summed E-state index contributed by atoms with van der Waals surface area (Å²) < 4.78 is 2.00. The summed E-state index contributed by atoms with van der Waals surface area (Å²) in [4.78, 5) is 4.71. The zero-order valence-electron chi connectivity index (χ0n) is 17.6. The van der Waals surface area contributed by atoms with Crippen LogP contribution in [0.1, 0.15) is 57.7 Å². The van der Waals surface area contributed by atoms with Gasteiger partial charge in [0.1, 0.15) is 12.7 Å². The number of rotatable bonds is 10. The topological polar surface area (TPSA) is 67.1 Å². The fraction of sp³-hybridized carbons (Fsp3) is 0.571. The van der Waals surface area contributed by atoms with Crippen LogP contribution in [0.15, 0.2) is 41.9 Å². The molecule has 0 saturated carbocycles. The van der Waals surface area contributed by atoms with Crippen molar-refractivity contribution in [2.24, 2.45) is 10.9 Å². The average Bonchev–Trinajstić information content (AvgIpc) is 3.15. The number of aliphatic imine (C=N–C) groups is 1. The molecule has 2 N–H and O–H groups in total. The molecule has 1 aromatic carbocycles. The van der Waals surface area contributed by atoms with Crippen molar-refractivity contribution in [1.82, 2.24) is 25.4 Å². The molecular formula is C21H35IN6. The smallest absolute Gasteiger partial charge is 0.191 e. The number of unbranched alkanes of at least 4 members (excludes halogenated alkanes) is 1. The predicted molar refractivity (Wildman–Crippen MR) is 127 cm³/mol. The van der Waals surface area contributed by atoms with Crippen molar-refractivity contribution >= 4 is 29.9 Å². The molecule has 1 heterocycles. The van der Waals surface area contributed by atoms with Crippen LogP contribution in [0.2, 0.25) is 0 Å². The first-order valence-corrected chi connectivity index (χ1v) is 10.0. The maximum absolute atomic E-state index is 4.71. The number of aryl methyl sites for hydroxylation is 1. The monoisotopic (exact) mass is 498 g/mol. The van der Waals surface area contributed by atoms with Gasteiger partial charge in [0.15, 0.2) is 5.96 Å². The van der Waals surface area contributed by atoms with Gasteiger partial charge < -0.3 is 15.2 Å². The van der Waals surface area contributed by atoms with E-state index in [0.717, 1.165) is 44.9 Å². The lowest BCUT2D eigenvalue weighted by molar-refractivity contribution is 0.609. The molecule has 0 aliphatic heterocycles. The van der Waals surface area contributed by atoms with Crippen molar-refractivity contribution in [1.29, 1.82) is 0 Å². The lowest BCUT2D eigenvalue weighted by Gasteiger charge is -2.18. The minimum absolute atomic E-state index is 0. The van der Waals surface area contributed by atoms with E-state index in [-0.39, 0.29) is 30.0 Å². The van der Waals surface area contributed by atoms with Crippen LogP contribution in [-0.4, -0.2) is 33.8 Å². The third-order valence-electron chi connectivity index (χ3n) is 4.38. The van der Waals surface area contributed by atoms with E-state index >= 15 is 0 Å². The molecule has 0 aliphatic rings. The number of nitrogens with one attached hydrogen (secondary N) is 2. The first kappa shape index (κ1) is 24.4. The molecule has 0 bridgehead atoms. The SMILES string of the molecule is CCNC(=NCCCCn1cnnc1)NC(C)c1ccc(CC(C)C)cc1.I. The van der Waals surface area contributed by atoms with Gasteiger partial charge in [-0.3, -0.25) is 4.99 Å². The van der Waals surface area contributed by atoms with Gasteiger partial charge in [-0.1, -0.05) is 38.1 Å². The molecule has 1 atom stereocenters. The third kappa shape index (κ3) is 9.03. The molecule has 7 heteroatoms. The van der Waals surface area contributed by atoms with Gasteiger partial charge in [-0.05, 0) is 50.2 Å². The van der Waals surface area contributed by atoms with Crippen molar-refractivity contribution in [3.05, 3.63) is 48.0 Å². The van der Waals surface area contributed by atoms with E-state index in [1.165, 1.54) is 11.1 Å². The third-order valence-corrected chi connectivity index (χ3v) is 4.38. The lowest BCUT2D eigenvalue weighted by Crippen LogP contribution is -2.38. The predicted octanol–water partition coefficient (Wildman–Crippen LogP) is 4.19. The van der Waals surface area contributed by atoms with Crippen LogP contribution in [0.25, 0.3) is 0 Å². The Kier molecular flexibility index (Phi) is 11.8. The highest BCUT2D eigenvalue weighted by molar-refractivity contribution is 14.0. The summed E-state index contributed by atoms with van der Waals surface area (Å²) in [5.41, 5.74) is 2.68. The Morgan fingerprint density at radius 3 is 2.36 bits per heavy atom. The molecule has 1 unspecified atom stereocenters. The second-order valence-corrected chi connectivity index (χ2v) is 7.37. The van der Waals surface area contributed by atoms with Gasteiger partial charge in [0.05, 0.1) is 6.04 Å². The van der Waals surface area contributed by atoms with Crippen molar-refractivity contribution in [3.63, 3.8) is 0 Å². The maximum Gasteiger partial charge on any atom is 0.191 e. The van der Waals surface area contributed by atoms with Gasteiger partial charge in [0.2, 0.25) is 0 Å². The Morgan fingerprint density at radius 2 is 1.75 bits per heavy atom. The maximum atomic E-state index is 4.71. The summed E-state index contributed by atoms with van der Waals surface area (Å²) in [6.45, 7) is 11.4. The molecule has 0 aliphatic carbocycles. The van der Waals surface area contributed by atoms with E-state index in [9.17, 15) is 0 Å². The number of nitrogens with zero attached hydrogens (tertiary/aromatic N) is 4. The molecule has 1 aromatic heterocycles. The summed E-state index contributed by atoms with van der Waals surface area (Å²) in [6.07, 6.45) is 6.73. The number of aromatic nitrogens is 3. The Labute approximate surface area is 186 Å². The highest BCUT2D eigenvalue weighted by atomic mass is 127. The van der Waals surface area contributed by atoms with Gasteiger partial charge in [0.25, 0.3) is 0 Å². The minimum atomic E-state index is 0. The number of hydrogen-bond donors (Lipinski definition) is 2. The number of benzene rings is 1. The lowest BCUT2D eigenvalue weighted by atomic mass is 10.00. The standard InChI is InChI=1S/C21H34N6.HI/c1-5-22-21(23-12-6-7-13-27-15-24-25-16-27)26-18(4)20-10-8-19(9-11-20)14-17(2)3;/h8-11,15-18H,5-7,12-14H2,1-4H3,(H2,22,23,26);1H. The van der Waals surface area contributed by atoms with Gasteiger partial charge in [-0.2, -0.15) is 0 Å². The molecule has 0 amide bonds. The molecule has 156 valence electrons. The Bertz CT molecular complexity index is 667. The van der Waals surface area contributed by atoms with Gasteiger partial charge in [0, 0.05) is 19.6 Å². The Balaban J connectivity index is 0.00000392. The fourth-order valence-corrected chi connectivity index (χ4v) is 2.96. The molecular weight excluding hydrogens is 463 g/mol. The van der Waals surface area contributed by atoms with Crippen LogP contribution in [-0.2, 0) is 13.0 Å².